The number of guanidine groups is 1. The normalized spacial score (nSPS) is 15.4. The fourth-order valence-electron chi connectivity index (χ4n) is 3.37. The molecule has 2 rings (SSSR count). The lowest BCUT2D eigenvalue weighted by Crippen LogP contribution is -2.50. The summed E-state index contributed by atoms with van der Waals surface area (Å²) < 4.78 is 14.7. The largest absolute Gasteiger partial charge is 0.354 e. The zero-order valence-corrected chi connectivity index (χ0v) is 20.7. The molecule has 5 nitrogen and oxygen atoms in total. The van der Waals surface area contributed by atoms with Gasteiger partial charge in [0, 0.05) is 48.7 Å². The molecule has 1 fully saturated rings. The van der Waals surface area contributed by atoms with E-state index in [1.165, 1.54) is 6.07 Å². The number of rotatable bonds is 6. The van der Waals surface area contributed by atoms with Gasteiger partial charge in [-0.05, 0) is 37.8 Å². The van der Waals surface area contributed by atoms with Crippen molar-refractivity contribution in [2.24, 2.45) is 10.9 Å². The summed E-state index contributed by atoms with van der Waals surface area (Å²) in [6.07, 6.45) is 3.58. The van der Waals surface area contributed by atoms with E-state index in [4.69, 9.17) is 0 Å². The Bertz CT molecular complexity index is 662. The lowest BCUT2D eigenvalue weighted by Gasteiger charge is -2.34. The Balaban J connectivity index is 0.00000392. The highest BCUT2D eigenvalue weighted by molar-refractivity contribution is 14.0. The van der Waals surface area contributed by atoms with E-state index in [-0.39, 0.29) is 47.7 Å². The first-order valence-corrected chi connectivity index (χ1v) is 10.5. The van der Waals surface area contributed by atoms with Crippen LogP contribution >= 0.6 is 39.9 Å². The lowest BCUT2D eigenvalue weighted by atomic mass is 9.98. The molecule has 0 atom stereocenters. The highest BCUT2D eigenvalue weighted by Gasteiger charge is 2.26. The molecule has 28 heavy (non-hydrogen) atoms. The average molecular weight is 569 g/mol. The number of benzene rings is 1. The number of piperidine rings is 1. The number of carbonyl (C=O) groups excluding carboxylic acids is 1. The Morgan fingerprint density at radius 2 is 1.96 bits per heavy atom. The van der Waals surface area contributed by atoms with Crippen LogP contribution in [0.5, 0.6) is 0 Å². The Kier molecular flexibility index (Phi) is 11.3. The van der Waals surface area contributed by atoms with Gasteiger partial charge in [0.15, 0.2) is 5.96 Å². The van der Waals surface area contributed by atoms with Gasteiger partial charge >= 0.3 is 0 Å². The molecule has 0 bridgehead atoms. The quantitative estimate of drug-likeness (QED) is 0.306. The van der Waals surface area contributed by atoms with Crippen LogP contribution in [0.25, 0.3) is 0 Å². The van der Waals surface area contributed by atoms with E-state index >= 15 is 0 Å². The fourth-order valence-corrected chi connectivity index (χ4v) is 3.71. The zero-order chi connectivity index (χ0) is 19.8. The molecular formula is C20H31BrFIN4O. The molecule has 2 N–H and O–H groups in total. The van der Waals surface area contributed by atoms with Crippen LogP contribution in [0.2, 0.25) is 0 Å². The number of aliphatic imine (C=N–C) groups is 1. The van der Waals surface area contributed by atoms with Crippen molar-refractivity contribution >= 4 is 51.8 Å². The second-order valence-electron chi connectivity index (χ2n) is 6.92. The summed E-state index contributed by atoms with van der Waals surface area (Å²) in [5, 5.41) is 6.56. The summed E-state index contributed by atoms with van der Waals surface area (Å²) in [7, 11) is 1.71. The Morgan fingerprint density at radius 3 is 2.50 bits per heavy atom. The van der Waals surface area contributed by atoms with Gasteiger partial charge < -0.3 is 15.5 Å². The van der Waals surface area contributed by atoms with E-state index in [1.54, 1.807) is 13.1 Å². The highest BCUT2D eigenvalue weighted by Crippen LogP contribution is 2.18. The SMILES string of the molecule is CCC(CC)C(=O)N1CCC(NC(=NC)NCc2ccc(Br)cc2F)CC1.I. The van der Waals surface area contributed by atoms with Gasteiger partial charge in [0.2, 0.25) is 5.91 Å². The predicted molar refractivity (Wildman–Crippen MR) is 127 cm³/mol. The molecule has 0 saturated carbocycles. The number of likely N-dealkylation sites (tertiary alicyclic amines) is 1. The molecule has 0 aromatic heterocycles. The van der Waals surface area contributed by atoms with E-state index in [1.807, 2.05) is 11.0 Å². The molecular weight excluding hydrogens is 538 g/mol. The first-order valence-electron chi connectivity index (χ1n) is 9.68. The number of hydrogen-bond acceptors (Lipinski definition) is 2. The minimum absolute atomic E-state index is 0. The van der Waals surface area contributed by atoms with Crippen molar-refractivity contribution in [2.45, 2.75) is 52.1 Å². The molecule has 0 spiro atoms. The van der Waals surface area contributed by atoms with E-state index in [0.717, 1.165) is 43.2 Å². The summed E-state index contributed by atoms with van der Waals surface area (Å²) in [6, 6.07) is 5.29. The summed E-state index contributed by atoms with van der Waals surface area (Å²) in [5.74, 6) is 0.832. The summed E-state index contributed by atoms with van der Waals surface area (Å²) in [4.78, 5) is 18.7. The van der Waals surface area contributed by atoms with Gasteiger partial charge in [-0.25, -0.2) is 4.39 Å². The van der Waals surface area contributed by atoms with E-state index < -0.39 is 0 Å². The van der Waals surface area contributed by atoms with Gasteiger partial charge in [-0.2, -0.15) is 0 Å². The molecule has 1 aliphatic heterocycles. The van der Waals surface area contributed by atoms with Gasteiger partial charge in [0.1, 0.15) is 5.82 Å². The van der Waals surface area contributed by atoms with Crippen LogP contribution in [0.3, 0.4) is 0 Å². The first kappa shape index (κ1) is 25.1. The third-order valence-corrected chi connectivity index (χ3v) is 5.66. The van der Waals surface area contributed by atoms with E-state index in [2.05, 4.69) is 45.4 Å². The van der Waals surface area contributed by atoms with Crippen LogP contribution in [0.15, 0.2) is 27.7 Å². The number of halogens is 3. The average Bonchev–Trinajstić information content (AvgIpc) is 2.67. The van der Waals surface area contributed by atoms with E-state index in [9.17, 15) is 9.18 Å². The van der Waals surface area contributed by atoms with Gasteiger partial charge in [0.05, 0.1) is 0 Å². The minimum Gasteiger partial charge on any atom is -0.354 e. The van der Waals surface area contributed by atoms with Gasteiger partial charge in [0.25, 0.3) is 0 Å². The molecule has 1 aliphatic rings. The molecule has 8 heteroatoms. The van der Waals surface area contributed by atoms with Gasteiger partial charge in [-0.3, -0.25) is 9.79 Å². The standard InChI is InChI=1S/C20H30BrFN4O.HI/c1-4-14(5-2)19(27)26-10-8-17(9-11-26)25-20(23-3)24-13-15-6-7-16(21)12-18(15)22;/h6-7,12,14,17H,4-5,8-11,13H2,1-3H3,(H2,23,24,25);1H. The molecule has 1 saturated heterocycles. The lowest BCUT2D eigenvalue weighted by molar-refractivity contribution is -0.136. The van der Waals surface area contributed by atoms with Crippen molar-refractivity contribution in [3.05, 3.63) is 34.1 Å². The van der Waals surface area contributed by atoms with Crippen molar-refractivity contribution < 1.29 is 9.18 Å². The molecule has 0 unspecified atom stereocenters. The van der Waals surface area contributed by atoms with Gasteiger partial charge in [-0.1, -0.05) is 35.8 Å². The molecule has 0 radical (unpaired) electrons. The topological polar surface area (TPSA) is 56.7 Å². The number of carbonyl (C=O) groups is 1. The van der Waals surface area contributed by atoms with Crippen LogP contribution in [0, 0.1) is 11.7 Å². The van der Waals surface area contributed by atoms with Crippen LogP contribution in [0.4, 0.5) is 4.39 Å². The van der Waals surface area contributed by atoms with Crippen LogP contribution < -0.4 is 10.6 Å². The minimum atomic E-state index is -0.249. The Labute approximate surface area is 193 Å². The maximum absolute atomic E-state index is 13.9. The second kappa shape index (κ2) is 12.6. The van der Waals surface area contributed by atoms with Gasteiger partial charge in [-0.15, -0.1) is 24.0 Å². The number of nitrogens with zero attached hydrogens (tertiary/aromatic N) is 2. The third-order valence-electron chi connectivity index (χ3n) is 5.17. The number of amides is 1. The van der Waals surface area contributed by atoms with Crippen LogP contribution in [-0.4, -0.2) is 42.9 Å². The molecule has 1 heterocycles. The first-order chi connectivity index (χ1) is 13.0. The second-order valence-corrected chi connectivity index (χ2v) is 7.83. The van der Waals surface area contributed by atoms with Crippen LogP contribution in [-0.2, 0) is 11.3 Å². The Hall–Kier alpha value is -0.900. The van der Waals surface area contributed by atoms with Crippen molar-refractivity contribution in [3.8, 4) is 0 Å². The zero-order valence-electron chi connectivity index (χ0n) is 16.8. The maximum atomic E-state index is 13.9. The predicted octanol–water partition coefficient (Wildman–Crippen LogP) is 4.30. The summed E-state index contributed by atoms with van der Waals surface area (Å²) >= 11 is 3.26. The number of hydrogen-bond donors (Lipinski definition) is 2. The summed E-state index contributed by atoms with van der Waals surface area (Å²) in [6.45, 7) is 6.05. The smallest absolute Gasteiger partial charge is 0.225 e. The number of nitrogens with one attached hydrogen (secondary N) is 2. The van der Waals surface area contributed by atoms with E-state index in [0.29, 0.717) is 18.1 Å². The van der Waals surface area contributed by atoms with Crippen LogP contribution in [0.1, 0.15) is 45.1 Å². The third kappa shape index (κ3) is 7.17. The summed E-state index contributed by atoms with van der Waals surface area (Å²) in [5.41, 5.74) is 0.590. The van der Waals surface area contributed by atoms with Crippen molar-refractivity contribution in [3.63, 3.8) is 0 Å². The highest BCUT2D eigenvalue weighted by atomic mass is 127. The van der Waals surface area contributed by atoms with Crippen molar-refractivity contribution in [1.82, 2.24) is 15.5 Å². The Morgan fingerprint density at radius 1 is 1.32 bits per heavy atom. The molecule has 0 aliphatic carbocycles. The fraction of sp³-hybridized carbons (Fsp3) is 0.600. The molecule has 158 valence electrons. The molecule has 1 aromatic carbocycles. The molecule has 1 amide bonds. The van der Waals surface area contributed by atoms with Crippen molar-refractivity contribution in [1.29, 1.82) is 0 Å². The maximum Gasteiger partial charge on any atom is 0.225 e. The molecule has 1 aromatic rings. The van der Waals surface area contributed by atoms with Crippen molar-refractivity contribution in [2.75, 3.05) is 20.1 Å². The monoisotopic (exact) mass is 568 g/mol.